The van der Waals surface area contributed by atoms with Crippen molar-refractivity contribution >= 4 is 98.0 Å². The van der Waals surface area contributed by atoms with Crippen LogP contribution in [0.4, 0.5) is 0 Å². The lowest BCUT2D eigenvalue weighted by Gasteiger charge is -2.14. The normalized spacial score (nSPS) is 12.1. The summed E-state index contributed by atoms with van der Waals surface area (Å²) in [6, 6.07) is 68.0. The predicted molar refractivity (Wildman–Crippen MR) is 258 cm³/mol. The Balaban J connectivity index is 1.11. The molecule has 63 heavy (non-hydrogen) atoms. The lowest BCUT2D eigenvalue weighted by Crippen LogP contribution is -2.02. The van der Waals surface area contributed by atoms with Crippen LogP contribution in [0.3, 0.4) is 0 Å². The molecule has 0 unspecified atom stereocenters. The molecule has 6 heteroatoms. The lowest BCUT2D eigenvalue weighted by molar-refractivity contribution is 0.669. The van der Waals surface area contributed by atoms with E-state index in [9.17, 15) is 0 Å². The Morgan fingerprint density at radius 2 is 0.984 bits per heavy atom. The van der Waals surface area contributed by atoms with E-state index in [4.69, 9.17) is 23.8 Å². The van der Waals surface area contributed by atoms with Crippen LogP contribution in [0.5, 0.6) is 0 Å². The first kappa shape index (κ1) is 34.1. The standard InChI is InChI=1S/C57H32N4O2/c1-2-15-36-30-49-45(28-35(36)14-1)41-19-7-9-22-48(41)61(49)38-31-47(53-44-26-24-34-13-4-6-18-40(34)54(44)63-52(53)32-38)57-59-55(37-25-27-51-46(29-37)42-20-8-10-23-50(42)62-51)58-56(60-57)43-21-11-16-33-12-3-5-17-39(33)43/h1-32H. The molecule has 0 amide bonds. The van der Waals surface area contributed by atoms with Gasteiger partial charge in [0.15, 0.2) is 17.5 Å². The Labute approximate surface area is 358 Å². The SMILES string of the molecule is c1ccc2cc3c(cc2c1)c1ccccc1n3-c1cc(-c2nc(-c3ccc4oc5ccccc5c4c3)nc(-c3cccc4ccccc34)n2)c2c(c1)oc1c3ccccc3ccc12. The van der Waals surface area contributed by atoms with Gasteiger partial charge in [-0.1, -0.05) is 133 Å². The minimum atomic E-state index is 0.550. The van der Waals surface area contributed by atoms with Crippen LogP contribution in [0.25, 0.3) is 138 Å². The molecule has 0 aliphatic heterocycles. The topological polar surface area (TPSA) is 69.9 Å². The number of hydrogen-bond acceptors (Lipinski definition) is 5. The van der Waals surface area contributed by atoms with Crippen LogP contribution >= 0.6 is 0 Å². The number of aromatic nitrogens is 4. The van der Waals surface area contributed by atoms with Gasteiger partial charge < -0.3 is 13.4 Å². The quantitative estimate of drug-likeness (QED) is 0.177. The Bertz CT molecular complexity index is 4230. The number of para-hydroxylation sites is 2. The first-order chi connectivity index (χ1) is 31.2. The fourth-order valence-corrected chi connectivity index (χ4v) is 9.89. The average Bonchev–Trinajstić information content (AvgIpc) is 4.02. The third kappa shape index (κ3) is 5.09. The summed E-state index contributed by atoms with van der Waals surface area (Å²) in [7, 11) is 0. The van der Waals surface area contributed by atoms with E-state index in [1.165, 1.54) is 21.5 Å². The summed E-state index contributed by atoms with van der Waals surface area (Å²) in [5.74, 6) is 1.70. The van der Waals surface area contributed by atoms with Crippen molar-refractivity contribution in [2.75, 3.05) is 0 Å². The fraction of sp³-hybridized carbons (Fsp3) is 0. The van der Waals surface area contributed by atoms with Crippen LogP contribution in [0, 0.1) is 0 Å². The maximum Gasteiger partial charge on any atom is 0.164 e. The first-order valence-electron chi connectivity index (χ1n) is 21.2. The van der Waals surface area contributed by atoms with E-state index < -0.39 is 0 Å². The molecule has 0 N–H and O–H groups in total. The highest BCUT2D eigenvalue weighted by atomic mass is 16.3. The minimum Gasteiger partial charge on any atom is -0.456 e. The Morgan fingerprint density at radius 3 is 1.84 bits per heavy atom. The van der Waals surface area contributed by atoms with Gasteiger partial charge in [-0.15, -0.1) is 0 Å². The number of hydrogen-bond donors (Lipinski definition) is 0. The van der Waals surface area contributed by atoms with Crippen LogP contribution in [-0.2, 0) is 0 Å². The second kappa shape index (κ2) is 12.9. The van der Waals surface area contributed by atoms with E-state index in [1.807, 2.05) is 30.3 Å². The van der Waals surface area contributed by atoms with Crippen molar-refractivity contribution in [2.24, 2.45) is 0 Å². The van der Waals surface area contributed by atoms with Gasteiger partial charge in [-0.05, 0) is 81.5 Å². The molecule has 6 nitrogen and oxygen atoms in total. The smallest absolute Gasteiger partial charge is 0.164 e. The summed E-state index contributed by atoms with van der Waals surface area (Å²) in [5, 5.41) is 13.1. The summed E-state index contributed by atoms with van der Waals surface area (Å²) in [6.07, 6.45) is 0. The summed E-state index contributed by atoms with van der Waals surface area (Å²) in [4.78, 5) is 16.2. The second-order valence-corrected chi connectivity index (χ2v) is 16.3. The molecule has 0 aliphatic carbocycles. The zero-order chi connectivity index (χ0) is 41.2. The molecule has 0 spiro atoms. The Kier molecular flexibility index (Phi) is 7.02. The summed E-state index contributed by atoms with van der Waals surface area (Å²) >= 11 is 0. The van der Waals surface area contributed by atoms with Crippen molar-refractivity contribution in [1.82, 2.24) is 19.5 Å². The molecule has 4 aromatic heterocycles. The Hall–Kier alpha value is -8.61. The molecule has 292 valence electrons. The van der Waals surface area contributed by atoms with Gasteiger partial charge in [-0.3, -0.25) is 0 Å². The maximum absolute atomic E-state index is 7.03. The largest absolute Gasteiger partial charge is 0.456 e. The van der Waals surface area contributed by atoms with E-state index in [0.717, 1.165) is 98.8 Å². The van der Waals surface area contributed by atoms with Crippen molar-refractivity contribution in [1.29, 1.82) is 0 Å². The fourth-order valence-electron chi connectivity index (χ4n) is 9.89. The van der Waals surface area contributed by atoms with Crippen molar-refractivity contribution in [3.63, 3.8) is 0 Å². The molecular formula is C57H32N4O2. The Morgan fingerprint density at radius 1 is 0.333 bits per heavy atom. The molecule has 0 aliphatic rings. The second-order valence-electron chi connectivity index (χ2n) is 16.3. The number of rotatable bonds is 4. The number of benzene rings is 10. The van der Waals surface area contributed by atoms with Gasteiger partial charge >= 0.3 is 0 Å². The van der Waals surface area contributed by atoms with E-state index >= 15 is 0 Å². The van der Waals surface area contributed by atoms with E-state index in [-0.39, 0.29) is 0 Å². The number of furan rings is 2. The van der Waals surface area contributed by atoms with Crippen LogP contribution < -0.4 is 0 Å². The van der Waals surface area contributed by atoms with Crippen molar-refractivity contribution < 1.29 is 8.83 Å². The molecule has 10 aromatic carbocycles. The molecule has 0 fully saturated rings. The van der Waals surface area contributed by atoms with E-state index in [0.29, 0.717) is 17.5 Å². The van der Waals surface area contributed by atoms with Crippen LogP contribution in [-0.4, -0.2) is 19.5 Å². The van der Waals surface area contributed by atoms with Crippen LogP contribution in [0.2, 0.25) is 0 Å². The zero-order valence-electron chi connectivity index (χ0n) is 33.6. The van der Waals surface area contributed by atoms with Gasteiger partial charge in [-0.25, -0.2) is 15.0 Å². The maximum atomic E-state index is 7.03. The van der Waals surface area contributed by atoms with Crippen molar-refractivity contribution in [2.45, 2.75) is 0 Å². The van der Waals surface area contributed by atoms with Gasteiger partial charge in [-0.2, -0.15) is 0 Å². The molecule has 0 saturated heterocycles. The summed E-state index contributed by atoms with van der Waals surface area (Å²) in [5.41, 5.74) is 9.03. The molecule has 0 radical (unpaired) electrons. The van der Waals surface area contributed by atoms with Gasteiger partial charge in [0.2, 0.25) is 0 Å². The summed E-state index contributed by atoms with van der Waals surface area (Å²) in [6.45, 7) is 0. The molecule has 0 saturated carbocycles. The van der Waals surface area contributed by atoms with Gasteiger partial charge in [0.05, 0.1) is 16.7 Å². The zero-order valence-corrected chi connectivity index (χ0v) is 33.6. The third-order valence-corrected chi connectivity index (χ3v) is 12.8. The monoisotopic (exact) mass is 804 g/mol. The highest BCUT2D eigenvalue weighted by Gasteiger charge is 2.23. The van der Waals surface area contributed by atoms with Gasteiger partial charge in [0.1, 0.15) is 22.3 Å². The van der Waals surface area contributed by atoms with Gasteiger partial charge in [0.25, 0.3) is 0 Å². The van der Waals surface area contributed by atoms with Crippen LogP contribution in [0.15, 0.2) is 203 Å². The molecule has 14 rings (SSSR count). The van der Waals surface area contributed by atoms with E-state index in [2.05, 4.69) is 168 Å². The molecule has 4 heterocycles. The highest BCUT2D eigenvalue weighted by molar-refractivity contribution is 6.20. The molecule has 0 bridgehead atoms. The molecule has 14 aromatic rings. The molecule has 0 atom stereocenters. The highest BCUT2D eigenvalue weighted by Crippen LogP contribution is 2.43. The third-order valence-electron chi connectivity index (χ3n) is 12.8. The van der Waals surface area contributed by atoms with Crippen molar-refractivity contribution in [3.8, 4) is 39.9 Å². The molecular weight excluding hydrogens is 773 g/mol. The van der Waals surface area contributed by atoms with E-state index in [1.54, 1.807) is 0 Å². The predicted octanol–water partition coefficient (Wildman–Crippen LogP) is 15.2. The lowest BCUT2D eigenvalue weighted by atomic mass is 10.0. The minimum absolute atomic E-state index is 0.550. The average molecular weight is 805 g/mol. The number of fused-ring (bicyclic) bond motifs is 13. The van der Waals surface area contributed by atoms with Gasteiger partial charge in [0, 0.05) is 60.5 Å². The number of nitrogens with zero attached hydrogens (tertiary/aromatic N) is 4. The summed E-state index contributed by atoms with van der Waals surface area (Å²) < 4.78 is 15.6. The van der Waals surface area contributed by atoms with Crippen LogP contribution in [0.1, 0.15) is 0 Å². The van der Waals surface area contributed by atoms with Crippen molar-refractivity contribution in [3.05, 3.63) is 194 Å². The first-order valence-corrected chi connectivity index (χ1v) is 21.2.